The van der Waals surface area contributed by atoms with Gasteiger partial charge in [0.1, 0.15) is 5.82 Å². The van der Waals surface area contributed by atoms with E-state index in [0.717, 1.165) is 10.5 Å². The Morgan fingerprint density at radius 2 is 1.89 bits per heavy atom. The van der Waals surface area contributed by atoms with E-state index in [4.69, 9.17) is 4.74 Å². The van der Waals surface area contributed by atoms with E-state index in [-0.39, 0.29) is 17.6 Å². The quantitative estimate of drug-likeness (QED) is 0.777. The van der Waals surface area contributed by atoms with Crippen LogP contribution in [0.3, 0.4) is 0 Å². The summed E-state index contributed by atoms with van der Waals surface area (Å²) in [5, 5.41) is 2.72. The second-order valence-corrected chi connectivity index (χ2v) is 6.91. The lowest BCUT2D eigenvalue weighted by atomic mass is 10.1. The van der Waals surface area contributed by atoms with E-state index in [2.05, 4.69) is 5.32 Å². The first-order chi connectivity index (χ1) is 13.5. The van der Waals surface area contributed by atoms with Crippen molar-refractivity contribution in [1.82, 2.24) is 4.90 Å². The Balaban J connectivity index is 1.49. The number of halogens is 1. The second kappa shape index (κ2) is 9.43. The number of anilines is 1. The zero-order valence-corrected chi connectivity index (χ0v) is 15.9. The Morgan fingerprint density at radius 1 is 1.14 bits per heavy atom. The normalized spacial score (nSPS) is 14.7. The van der Waals surface area contributed by atoms with Crippen LogP contribution in [0.15, 0.2) is 48.5 Å². The minimum atomic E-state index is -0.383. The van der Waals surface area contributed by atoms with Gasteiger partial charge < -0.3 is 19.9 Å². The molecule has 2 N–H and O–H groups in total. The average molecular weight is 386 g/mol. The van der Waals surface area contributed by atoms with Crippen LogP contribution in [-0.4, -0.2) is 56.5 Å². The van der Waals surface area contributed by atoms with Crippen molar-refractivity contribution in [1.29, 1.82) is 0 Å². The highest BCUT2D eigenvalue weighted by Gasteiger charge is 2.26. The molecule has 0 saturated carbocycles. The second-order valence-electron chi connectivity index (χ2n) is 6.91. The smallest absolute Gasteiger partial charge is 0.279 e. The number of carbonyl (C=O) groups is 2. The van der Waals surface area contributed by atoms with Crippen molar-refractivity contribution in [2.45, 2.75) is 6.61 Å². The Kier molecular flexibility index (Phi) is 6.73. The first-order valence-corrected chi connectivity index (χ1v) is 9.31. The van der Waals surface area contributed by atoms with Crippen LogP contribution in [0.4, 0.5) is 10.1 Å². The summed E-state index contributed by atoms with van der Waals surface area (Å²) in [7, 11) is 1.63. The summed E-state index contributed by atoms with van der Waals surface area (Å²) in [5.41, 5.74) is 2.07. The summed E-state index contributed by atoms with van der Waals surface area (Å²) in [4.78, 5) is 27.8. The molecule has 1 heterocycles. The van der Waals surface area contributed by atoms with Gasteiger partial charge in [0.05, 0.1) is 32.8 Å². The molecule has 148 valence electrons. The molecule has 1 fully saturated rings. The summed E-state index contributed by atoms with van der Waals surface area (Å²) in [6, 6.07) is 13.3. The lowest BCUT2D eigenvalue weighted by Crippen LogP contribution is -3.15. The fraction of sp³-hybridized carbons (Fsp3) is 0.333. The Labute approximate surface area is 163 Å². The molecular weight excluding hydrogens is 361 g/mol. The van der Waals surface area contributed by atoms with Crippen LogP contribution in [0, 0.1) is 5.82 Å². The lowest BCUT2D eigenvalue weighted by Gasteiger charge is -2.32. The van der Waals surface area contributed by atoms with Gasteiger partial charge in [-0.25, -0.2) is 4.39 Å². The number of ether oxygens (including phenoxy) is 1. The Morgan fingerprint density at radius 3 is 2.61 bits per heavy atom. The molecule has 6 nitrogen and oxygen atoms in total. The van der Waals surface area contributed by atoms with Crippen LogP contribution in [-0.2, 0) is 16.1 Å². The molecule has 0 aliphatic carbocycles. The number of quaternary nitrogens is 1. The summed E-state index contributed by atoms with van der Waals surface area (Å²) >= 11 is 0. The van der Waals surface area contributed by atoms with Crippen molar-refractivity contribution in [2.75, 3.05) is 45.2 Å². The maximum atomic E-state index is 13.2. The number of hydrogen-bond donors (Lipinski definition) is 2. The zero-order chi connectivity index (χ0) is 19.9. The zero-order valence-electron chi connectivity index (χ0n) is 15.9. The molecule has 7 heteroatoms. The topological polar surface area (TPSA) is 63.1 Å². The highest BCUT2D eigenvalue weighted by Crippen LogP contribution is 2.10. The highest BCUT2D eigenvalue weighted by molar-refractivity contribution is 5.94. The number of piperazine rings is 1. The fourth-order valence-corrected chi connectivity index (χ4v) is 3.34. The van der Waals surface area contributed by atoms with E-state index in [1.807, 2.05) is 29.2 Å². The van der Waals surface area contributed by atoms with Crippen LogP contribution in [0.5, 0.6) is 0 Å². The van der Waals surface area contributed by atoms with E-state index in [0.29, 0.717) is 50.6 Å². The van der Waals surface area contributed by atoms with Gasteiger partial charge in [-0.05, 0) is 35.9 Å². The molecule has 1 aliphatic rings. The molecule has 0 spiro atoms. The van der Waals surface area contributed by atoms with E-state index in [9.17, 15) is 14.0 Å². The number of rotatable bonds is 6. The molecule has 3 rings (SSSR count). The Bertz CT molecular complexity index is 835. The number of methoxy groups -OCH3 is 1. The molecule has 1 aliphatic heterocycles. The molecule has 2 aromatic rings. The largest absolute Gasteiger partial charge is 0.380 e. The van der Waals surface area contributed by atoms with Gasteiger partial charge in [-0.15, -0.1) is 0 Å². The monoisotopic (exact) mass is 386 g/mol. The van der Waals surface area contributed by atoms with E-state index in [1.54, 1.807) is 19.2 Å². The van der Waals surface area contributed by atoms with Crippen molar-refractivity contribution >= 4 is 17.5 Å². The SMILES string of the molecule is COCc1cccc(C(=O)N2CC[NH+](CC(=O)Nc3cccc(F)c3)CC2)c1. The van der Waals surface area contributed by atoms with Gasteiger partial charge in [0.2, 0.25) is 0 Å². The van der Waals surface area contributed by atoms with Crippen LogP contribution in [0.2, 0.25) is 0 Å². The summed E-state index contributed by atoms with van der Waals surface area (Å²) in [6.45, 7) is 3.34. The Hall–Kier alpha value is -2.77. The van der Waals surface area contributed by atoms with E-state index >= 15 is 0 Å². The molecule has 28 heavy (non-hydrogen) atoms. The van der Waals surface area contributed by atoms with Crippen LogP contribution >= 0.6 is 0 Å². The van der Waals surface area contributed by atoms with Crippen molar-refractivity contribution in [3.05, 3.63) is 65.5 Å². The maximum absolute atomic E-state index is 13.2. The molecular formula is C21H25FN3O3+. The number of nitrogens with one attached hydrogen (secondary N) is 2. The number of hydrogen-bond acceptors (Lipinski definition) is 3. The van der Waals surface area contributed by atoms with Gasteiger partial charge >= 0.3 is 0 Å². The number of amides is 2. The maximum Gasteiger partial charge on any atom is 0.279 e. The first kappa shape index (κ1) is 20.0. The predicted molar refractivity (Wildman–Crippen MR) is 104 cm³/mol. The van der Waals surface area contributed by atoms with Crippen LogP contribution in [0.1, 0.15) is 15.9 Å². The van der Waals surface area contributed by atoms with E-state index in [1.165, 1.54) is 12.1 Å². The summed E-state index contributed by atoms with van der Waals surface area (Å²) in [6.07, 6.45) is 0. The number of benzene rings is 2. The third kappa shape index (κ3) is 5.37. The molecule has 2 aromatic carbocycles. The molecule has 2 amide bonds. The van der Waals surface area contributed by atoms with Crippen molar-refractivity contribution in [3.63, 3.8) is 0 Å². The van der Waals surface area contributed by atoms with Gasteiger partial charge in [-0.3, -0.25) is 9.59 Å². The van der Waals surface area contributed by atoms with Crippen molar-refractivity contribution in [2.24, 2.45) is 0 Å². The standard InChI is InChI=1S/C21H24FN3O3/c1-28-15-16-4-2-5-17(12-16)21(27)25-10-8-24(9-11-25)14-20(26)23-19-7-3-6-18(22)13-19/h2-7,12-13H,8-11,14-15H2,1H3,(H,23,26)/p+1. The molecule has 0 radical (unpaired) electrons. The highest BCUT2D eigenvalue weighted by atomic mass is 19.1. The van der Waals surface area contributed by atoms with Gasteiger partial charge in [-0.2, -0.15) is 0 Å². The van der Waals surface area contributed by atoms with Gasteiger partial charge in [0, 0.05) is 18.4 Å². The summed E-state index contributed by atoms with van der Waals surface area (Å²) < 4.78 is 18.3. The van der Waals surface area contributed by atoms with E-state index < -0.39 is 0 Å². The van der Waals surface area contributed by atoms with Crippen LogP contribution < -0.4 is 10.2 Å². The van der Waals surface area contributed by atoms with Gasteiger partial charge in [0.25, 0.3) is 11.8 Å². The third-order valence-corrected chi connectivity index (χ3v) is 4.76. The molecule has 0 aromatic heterocycles. The van der Waals surface area contributed by atoms with Gasteiger partial charge in [0.15, 0.2) is 6.54 Å². The molecule has 0 atom stereocenters. The number of nitrogens with zero attached hydrogens (tertiary/aromatic N) is 1. The fourth-order valence-electron chi connectivity index (χ4n) is 3.34. The van der Waals surface area contributed by atoms with Crippen molar-refractivity contribution in [3.8, 4) is 0 Å². The van der Waals surface area contributed by atoms with Crippen LogP contribution in [0.25, 0.3) is 0 Å². The number of carbonyl (C=O) groups excluding carboxylic acids is 2. The molecule has 1 saturated heterocycles. The minimum absolute atomic E-state index is 0.00113. The molecule has 0 unspecified atom stereocenters. The van der Waals surface area contributed by atoms with Gasteiger partial charge in [-0.1, -0.05) is 18.2 Å². The lowest BCUT2D eigenvalue weighted by molar-refractivity contribution is -0.895. The third-order valence-electron chi connectivity index (χ3n) is 4.76. The summed E-state index contributed by atoms with van der Waals surface area (Å²) in [5.74, 6) is -0.541. The van der Waals surface area contributed by atoms with Crippen molar-refractivity contribution < 1.29 is 23.6 Å². The molecule has 0 bridgehead atoms. The predicted octanol–water partition coefficient (Wildman–Crippen LogP) is 0.952. The first-order valence-electron chi connectivity index (χ1n) is 9.31. The average Bonchev–Trinajstić information content (AvgIpc) is 2.68. The minimum Gasteiger partial charge on any atom is -0.380 e.